The first kappa shape index (κ1) is 13.2. The maximum Gasteiger partial charge on any atom is 0.318 e. The van der Waals surface area contributed by atoms with Gasteiger partial charge in [-0.25, -0.2) is 4.79 Å². The Morgan fingerprint density at radius 2 is 2.05 bits per heavy atom. The monoisotopic (exact) mass is 281 g/mol. The molecule has 110 valence electrons. The Morgan fingerprint density at radius 1 is 1.30 bits per heavy atom. The molecule has 0 aromatic heterocycles. The average molecular weight is 281 g/mol. The maximum absolute atomic E-state index is 12.3. The zero-order valence-corrected chi connectivity index (χ0v) is 11.4. The van der Waals surface area contributed by atoms with Crippen molar-refractivity contribution >= 4 is 17.9 Å². The van der Waals surface area contributed by atoms with Crippen LogP contribution >= 0.6 is 0 Å². The highest BCUT2D eigenvalue weighted by molar-refractivity contribution is 5.89. The van der Waals surface area contributed by atoms with Crippen LogP contribution in [0.15, 0.2) is 0 Å². The number of carboxylic acids is 1. The molecule has 20 heavy (non-hydrogen) atoms. The van der Waals surface area contributed by atoms with E-state index in [1.165, 1.54) is 0 Å². The van der Waals surface area contributed by atoms with Gasteiger partial charge >= 0.3 is 12.0 Å². The number of nitrogens with one attached hydrogen (secondary N) is 1. The fourth-order valence-electron chi connectivity index (χ4n) is 3.75. The molecule has 3 aliphatic rings. The predicted molar refractivity (Wildman–Crippen MR) is 69.0 cm³/mol. The average Bonchev–Trinajstić information content (AvgIpc) is 3.07. The summed E-state index contributed by atoms with van der Waals surface area (Å²) in [5.41, 5.74) is 0. The Hall–Kier alpha value is -1.79. The first-order valence-corrected chi connectivity index (χ1v) is 7.05. The molecule has 0 radical (unpaired) electrons. The van der Waals surface area contributed by atoms with E-state index in [1.54, 1.807) is 16.8 Å². The van der Waals surface area contributed by atoms with Gasteiger partial charge in [-0.1, -0.05) is 0 Å². The standard InChI is InChI=1S/C13H19N3O4/c1-15-5-4-9(11(15)17)14-13(20)16-7-2-3-10(16)8(6-7)12(18)19/h7-10H,2-6H2,1H3,(H,14,20)(H,18,19). The number of likely N-dealkylation sites (tertiary alicyclic amines) is 1. The van der Waals surface area contributed by atoms with Gasteiger partial charge in [0.15, 0.2) is 0 Å². The first-order chi connectivity index (χ1) is 9.49. The van der Waals surface area contributed by atoms with Crippen LogP contribution in [0.2, 0.25) is 0 Å². The van der Waals surface area contributed by atoms with Gasteiger partial charge in [0.2, 0.25) is 5.91 Å². The lowest BCUT2D eigenvalue weighted by Gasteiger charge is -2.25. The summed E-state index contributed by atoms with van der Waals surface area (Å²) in [7, 11) is 1.72. The van der Waals surface area contributed by atoms with Crippen molar-refractivity contribution in [1.29, 1.82) is 0 Å². The molecule has 3 heterocycles. The van der Waals surface area contributed by atoms with Crippen molar-refractivity contribution in [2.24, 2.45) is 5.92 Å². The zero-order chi connectivity index (χ0) is 14.4. The van der Waals surface area contributed by atoms with Crippen LogP contribution in [0, 0.1) is 5.92 Å². The van der Waals surface area contributed by atoms with Crippen LogP contribution in [0.3, 0.4) is 0 Å². The van der Waals surface area contributed by atoms with Gasteiger partial charge in [0.05, 0.1) is 5.92 Å². The summed E-state index contributed by atoms with van der Waals surface area (Å²) >= 11 is 0. The predicted octanol–water partition coefficient (Wildman–Crippen LogP) is -0.136. The number of carbonyl (C=O) groups is 3. The second kappa shape index (κ2) is 4.64. The largest absolute Gasteiger partial charge is 0.481 e. The molecule has 3 amide bonds. The lowest BCUT2D eigenvalue weighted by Crippen LogP contribution is -2.49. The van der Waals surface area contributed by atoms with Crippen molar-refractivity contribution in [3.05, 3.63) is 0 Å². The van der Waals surface area contributed by atoms with Crippen molar-refractivity contribution in [3.63, 3.8) is 0 Å². The van der Waals surface area contributed by atoms with Crippen LogP contribution in [0.4, 0.5) is 4.79 Å². The van der Waals surface area contributed by atoms with Crippen LogP contribution in [0.5, 0.6) is 0 Å². The molecule has 7 heteroatoms. The lowest BCUT2D eigenvalue weighted by molar-refractivity contribution is -0.142. The van der Waals surface area contributed by atoms with Gasteiger partial charge in [-0.2, -0.15) is 0 Å². The minimum Gasteiger partial charge on any atom is -0.481 e. The van der Waals surface area contributed by atoms with Gasteiger partial charge in [0, 0.05) is 25.7 Å². The molecule has 7 nitrogen and oxygen atoms in total. The fourth-order valence-corrected chi connectivity index (χ4v) is 3.75. The minimum atomic E-state index is -0.827. The van der Waals surface area contributed by atoms with Crippen LogP contribution in [0.25, 0.3) is 0 Å². The lowest BCUT2D eigenvalue weighted by atomic mass is 9.89. The number of likely N-dealkylation sites (N-methyl/N-ethyl adjacent to an activating group) is 1. The Morgan fingerprint density at radius 3 is 2.60 bits per heavy atom. The van der Waals surface area contributed by atoms with Gasteiger partial charge in [-0.05, 0) is 25.7 Å². The molecule has 4 atom stereocenters. The van der Waals surface area contributed by atoms with Crippen molar-refractivity contribution < 1.29 is 19.5 Å². The van der Waals surface area contributed by atoms with Gasteiger partial charge in [-0.3, -0.25) is 9.59 Å². The Kier molecular flexibility index (Phi) is 3.07. The molecule has 2 bridgehead atoms. The van der Waals surface area contributed by atoms with Gasteiger partial charge in [0.25, 0.3) is 0 Å². The quantitative estimate of drug-likeness (QED) is 0.737. The smallest absolute Gasteiger partial charge is 0.318 e. The van der Waals surface area contributed by atoms with Crippen LogP contribution < -0.4 is 5.32 Å². The molecular formula is C13H19N3O4. The van der Waals surface area contributed by atoms with Gasteiger partial charge < -0.3 is 20.2 Å². The molecule has 3 fully saturated rings. The first-order valence-electron chi connectivity index (χ1n) is 7.05. The summed E-state index contributed by atoms with van der Waals surface area (Å²) in [4.78, 5) is 38.6. The van der Waals surface area contributed by atoms with E-state index in [0.717, 1.165) is 12.8 Å². The summed E-state index contributed by atoms with van der Waals surface area (Å²) in [6.07, 6.45) is 2.76. The summed E-state index contributed by atoms with van der Waals surface area (Å²) in [5, 5.41) is 11.9. The summed E-state index contributed by atoms with van der Waals surface area (Å²) in [6.45, 7) is 0.647. The summed E-state index contributed by atoms with van der Waals surface area (Å²) in [5.74, 6) is -1.35. The van der Waals surface area contributed by atoms with E-state index < -0.39 is 17.9 Å². The number of carbonyl (C=O) groups excluding carboxylic acids is 2. The Labute approximate surface area is 116 Å². The number of aliphatic carboxylic acids is 1. The molecule has 0 spiro atoms. The second-order valence-corrected chi connectivity index (χ2v) is 5.94. The number of rotatable bonds is 2. The van der Waals surface area contributed by atoms with E-state index in [9.17, 15) is 19.5 Å². The topological polar surface area (TPSA) is 90.0 Å². The maximum atomic E-state index is 12.3. The zero-order valence-electron chi connectivity index (χ0n) is 11.4. The third kappa shape index (κ3) is 1.92. The van der Waals surface area contributed by atoms with Gasteiger partial charge in [0.1, 0.15) is 6.04 Å². The highest BCUT2D eigenvalue weighted by Crippen LogP contribution is 2.41. The van der Waals surface area contributed by atoms with Crippen LogP contribution in [-0.4, -0.2) is 64.5 Å². The summed E-state index contributed by atoms with van der Waals surface area (Å²) < 4.78 is 0. The Bertz CT molecular complexity index is 467. The number of carboxylic acid groups (broad SMARTS) is 1. The number of hydrogen-bond acceptors (Lipinski definition) is 3. The molecule has 0 aromatic carbocycles. The number of nitrogens with zero attached hydrogens (tertiary/aromatic N) is 2. The van der Waals surface area contributed by atoms with Crippen molar-refractivity contribution in [2.45, 2.75) is 43.8 Å². The van der Waals surface area contributed by atoms with E-state index in [2.05, 4.69) is 5.32 Å². The van der Waals surface area contributed by atoms with Crippen LogP contribution in [0.1, 0.15) is 25.7 Å². The van der Waals surface area contributed by atoms with Crippen molar-refractivity contribution in [3.8, 4) is 0 Å². The Balaban J connectivity index is 1.67. The van der Waals surface area contributed by atoms with Gasteiger partial charge in [-0.15, -0.1) is 0 Å². The molecule has 0 saturated carbocycles. The molecule has 4 unspecified atom stereocenters. The summed E-state index contributed by atoms with van der Waals surface area (Å²) in [6, 6.07) is -0.951. The van der Waals surface area contributed by atoms with E-state index in [0.29, 0.717) is 19.4 Å². The number of amides is 3. The third-order valence-corrected chi connectivity index (χ3v) is 4.81. The van der Waals surface area contributed by atoms with E-state index in [4.69, 9.17) is 0 Å². The molecule has 0 aromatic rings. The van der Waals surface area contributed by atoms with Crippen molar-refractivity contribution in [2.75, 3.05) is 13.6 Å². The molecule has 3 rings (SSSR count). The molecule has 3 aliphatic heterocycles. The second-order valence-electron chi connectivity index (χ2n) is 5.94. The van der Waals surface area contributed by atoms with Crippen molar-refractivity contribution in [1.82, 2.24) is 15.1 Å². The molecule has 0 aliphatic carbocycles. The highest BCUT2D eigenvalue weighted by Gasteiger charge is 2.51. The highest BCUT2D eigenvalue weighted by atomic mass is 16.4. The number of fused-ring (bicyclic) bond motifs is 2. The molecular weight excluding hydrogens is 262 g/mol. The molecule has 2 N–H and O–H groups in total. The fraction of sp³-hybridized carbons (Fsp3) is 0.769. The van der Waals surface area contributed by atoms with Crippen LogP contribution in [-0.2, 0) is 9.59 Å². The minimum absolute atomic E-state index is 0.00957. The third-order valence-electron chi connectivity index (χ3n) is 4.81. The normalized spacial score (nSPS) is 35.8. The molecule has 3 saturated heterocycles. The SMILES string of the molecule is CN1CCC(NC(=O)N2C3CCC2C(C(=O)O)C3)C1=O. The van der Waals surface area contributed by atoms with E-state index in [1.807, 2.05) is 0 Å². The van der Waals surface area contributed by atoms with E-state index >= 15 is 0 Å². The number of hydrogen-bond donors (Lipinski definition) is 2. The number of urea groups is 1. The van der Waals surface area contributed by atoms with E-state index in [-0.39, 0.29) is 24.0 Å².